The lowest BCUT2D eigenvalue weighted by molar-refractivity contribution is 0.384. The van der Waals surface area contributed by atoms with Crippen LogP contribution in [0.4, 0.5) is 0 Å². The lowest BCUT2D eigenvalue weighted by Gasteiger charge is -2.28. The van der Waals surface area contributed by atoms with E-state index in [9.17, 15) is 8.42 Å². The summed E-state index contributed by atoms with van der Waals surface area (Å²) >= 11 is 0. The van der Waals surface area contributed by atoms with E-state index in [2.05, 4.69) is 17.2 Å². The molecule has 1 aromatic rings. The van der Waals surface area contributed by atoms with Crippen LogP contribution in [0.2, 0.25) is 0 Å². The molecule has 2 atom stereocenters. The minimum Gasteiger partial charge on any atom is -0.303 e. The molecule has 0 spiro atoms. The number of nitrogens with one attached hydrogen (secondary N) is 1. The van der Waals surface area contributed by atoms with Gasteiger partial charge in [0.2, 0.25) is 0 Å². The van der Waals surface area contributed by atoms with Gasteiger partial charge in [-0.25, -0.2) is 8.42 Å². The summed E-state index contributed by atoms with van der Waals surface area (Å²) in [6.07, 6.45) is 4.87. The molecular weight excluding hydrogens is 270 g/mol. The quantitative estimate of drug-likeness (QED) is 0.866. The molecule has 0 bridgehead atoms. The lowest BCUT2D eigenvalue weighted by atomic mass is 9.95. The van der Waals surface area contributed by atoms with Crippen molar-refractivity contribution in [2.45, 2.75) is 37.0 Å². The maximum absolute atomic E-state index is 11.6. The van der Waals surface area contributed by atoms with Crippen molar-refractivity contribution in [1.82, 2.24) is 5.32 Å². The molecule has 0 radical (unpaired) electrons. The van der Waals surface area contributed by atoms with Gasteiger partial charge in [0.25, 0.3) is 0 Å². The molecule has 1 aliphatic carbocycles. The fraction of sp³-hybridized carbons (Fsp3) is 0.500. The third kappa shape index (κ3) is 4.66. The van der Waals surface area contributed by atoms with E-state index in [0.29, 0.717) is 13.0 Å². The van der Waals surface area contributed by atoms with E-state index >= 15 is 0 Å². The van der Waals surface area contributed by atoms with E-state index in [1.165, 1.54) is 6.26 Å². The molecule has 0 aliphatic heterocycles. The monoisotopic (exact) mass is 291 g/mol. The molecule has 20 heavy (non-hydrogen) atoms. The van der Waals surface area contributed by atoms with Gasteiger partial charge in [-0.15, -0.1) is 0 Å². The molecule has 1 saturated carbocycles. The van der Waals surface area contributed by atoms with Crippen molar-refractivity contribution in [1.29, 1.82) is 0 Å². The minimum atomic E-state index is -2.91. The van der Waals surface area contributed by atoms with Crippen LogP contribution in [0.1, 0.15) is 31.2 Å². The molecule has 0 saturated heterocycles. The van der Waals surface area contributed by atoms with Crippen LogP contribution in [-0.2, 0) is 9.84 Å². The second-order valence-electron chi connectivity index (χ2n) is 5.36. The smallest absolute Gasteiger partial charge is 0.150 e. The predicted octanol–water partition coefficient (Wildman–Crippen LogP) is 1.98. The summed E-state index contributed by atoms with van der Waals surface area (Å²) in [6.45, 7) is 0.607. The zero-order valence-corrected chi connectivity index (χ0v) is 12.6. The van der Waals surface area contributed by atoms with Gasteiger partial charge in [0.15, 0.2) is 0 Å². The van der Waals surface area contributed by atoms with Crippen LogP contribution in [0.5, 0.6) is 0 Å². The third-order valence-corrected chi connectivity index (χ3v) is 5.36. The summed E-state index contributed by atoms with van der Waals surface area (Å²) in [5.41, 5.74) is 1.01. The fourth-order valence-corrected chi connectivity index (χ4v) is 3.76. The van der Waals surface area contributed by atoms with Gasteiger partial charge in [-0.3, -0.25) is 0 Å². The van der Waals surface area contributed by atoms with E-state index in [4.69, 9.17) is 0 Å². The van der Waals surface area contributed by atoms with Crippen molar-refractivity contribution < 1.29 is 8.42 Å². The van der Waals surface area contributed by atoms with Crippen molar-refractivity contribution in [3.63, 3.8) is 0 Å². The van der Waals surface area contributed by atoms with Crippen LogP contribution in [0.25, 0.3) is 0 Å². The zero-order valence-electron chi connectivity index (χ0n) is 11.8. The van der Waals surface area contributed by atoms with Crippen LogP contribution in [0.15, 0.2) is 30.3 Å². The maximum atomic E-state index is 11.6. The van der Waals surface area contributed by atoms with Gasteiger partial charge in [0.05, 0.1) is 11.8 Å². The van der Waals surface area contributed by atoms with Gasteiger partial charge >= 0.3 is 0 Å². The molecule has 1 aliphatic rings. The largest absolute Gasteiger partial charge is 0.303 e. The molecular formula is C16H21NO2S. The van der Waals surface area contributed by atoms with E-state index < -0.39 is 9.84 Å². The Morgan fingerprint density at radius 3 is 2.70 bits per heavy atom. The highest BCUT2D eigenvalue weighted by Gasteiger charge is 2.28. The second-order valence-corrected chi connectivity index (χ2v) is 7.69. The highest BCUT2D eigenvalue weighted by molar-refractivity contribution is 7.91. The minimum absolute atomic E-state index is 0.184. The summed E-state index contributed by atoms with van der Waals surface area (Å²) < 4.78 is 23.2. The molecule has 2 rings (SSSR count). The molecule has 1 fully saturated rings. The van der Waals surface area contributed by atoms with Gasteiger partial charge in [-0.1, -0.05) is 36.5 Å². The molecule has 1 aromatic carbocycles. The second kappa shape index (κ2) is 6.92. The Hall–Kier alpha value is -1.31. The van der Waals surface area contributed by atoms with Crippen molar-refractivity contribution in [3.05, 3.63) is 35.9 Å². The van der Waals surface area contributed by atoms with Gasteiger partial charge in [0.1, 0.15) is 9.84 Å². The first-order valence-electron chi connectivity index (χ1n) is 7.02. The highest BCUT2D eigenvalue weighted by atomic mass is 32.2. The number of hydrogen-bond acceptors (Lipinski definition) is 3. The summed E-state index contributed by atoms with van der Waals surface area (Å²) in [5.74, 6) is 6.19. The Labute approximate surface area is 121 Å². The Bertz CT molecular complexity index is 584. The molecule has 0 amide bonds. The van der Waals surface area contributed by atoms with E-state index in [-0.39, 0.29) is 11.3 Å². The van der Waals surface area contributed by atoms with Gasteiger partial charge in [-0.05, 0) is 31.4 Å². The first kappa shape index (κ1) is 15.1. The average molecular weight is 291 g/mol. The van der Waals surface area contributed by atoms with Crippen molar-refractivity contribution in [3.8, 4) is 11.8 Å². The standard InChI is InChI=1S/C16H21NO2S/c1-20(18,19)16-11-5-10-15(13-16)17-12-6-9-14-7-3-2-4-8-14/h2-4,7-8,15-17H,5,10-13H2,1H3. The first-order valence-corrected chi connectivity index (χ1v) is 8.97. The van der Waals surface area contributed by atoms with Crippen LogP contribution >= 0.6 is 0 Å². The molecule has 4 heteroatoms. The maximum Gasteiger partial charge on any atom is 0.150 e. The Kier molecular flexibility index (Phi) is 5.22. The molecule has 0 aromatic heterocycles. The third-order valence-electron chi connectivity index (χ3n) is 3.72. The predicted molar refractivity (Wildman–Crippen MR) is 82.2 cm³/mol. The van der Waals surface area contributed by atoms with Crippen molar-refractivity contribution in [2.24, 2.45) is 0 Å². The Balaban J connectivity index is 1.81. The summed E-state index contributed by atoms with van der Waals surface area (Å²) in [6, 6.07) is 10.1. The normalized spacial score (nSPS) is 22.9. The summed E-state index contributed by atoms with van der Waals surface area (Å²) in [5, 5.41) is 3.17. The fourth-order valence-electron chi connectivity index (χ4n) is 2.58. The van der Waals surface area contributed by atoms with E-state index in [0.717, 1.165) is 24.8 Å². The molecule has 108 valence electrons. The number of rotatable bonds is 3. The number of sulfone groups is 1. The lowest BCUT2D eigenvalue weighted by Crippen LogP contribution is -2.38. The van der Waals surface area contributed by atoms with Gasteiger partial charge in [0, 0.05) is 17.9 Å². The van der Waals surface area contributed by atoms with Crippen LogP contribution in [0, 0.1) is 11.8 Å². The summed E-state index contributed by atoms with van der Waals surface area (Å²) in [4.78, 5) is 0. The van der Waals surface area contributed by atoms with Gasteiger partial charge < -0.3 is 5.32 Å². The van der Waals surface area contributed by atoms with E-state index in [1.807, 2.05) is 30.3 Å². The molecule has 3 nitrogen and oxygen atoms in total. The highest BCUT2D eigenvalue weighted by Crippen LogP contribution is 2.23. The number of benzene rings is 1. The Morgan fingerprint density at radius 2 is 2.00 bits per heavy atom. The topological polar surface area (TPSA) is 46.2 Å². The zero-order chi connectivity index (χ0) is 14.4. The first-order chi connectivity index (χ1) is 9.55. The molecule has 0 heterocycles. The van der Waals surface area contributed by atoms with Crippen molar-refractivity contribution >= 4 is 9.84 Å². The SMILES string of the molecule is CS(=O)(=O)C1CCCC(NCC#Cc2ccccc2)C1. The molecule has 2 unspecified atom stereocenters. The van der Waals surface area contributed by atoms with Crippen LogP contribution in [-0.4, -0.2) is 32.5 Å². The summed E-state index contributed by atoms with van der Waals surface area (Å²) in [7, 11) is -2.91. The van der Waals surface area contributed by atoms with Crippen LogP contribution in [0.3, 0.4) is 0 Å². The van der Waals surface area contributed by atoms with Gasteiger partial charge in [-0.2, -0.15) is 0 Å². The number of hydrogen-bond donors (Lipinski definition) is 1. The average Bonchev–Trinajstić information content (AvgIpc) is 2.44. The van der Waals surface area contributed by atoms with Crippen molar-refractivity contribution in [2.75, 3.05) is 12.8 Å². The van der Waals surface area contributed by atoms with E-state index in [1.54, 1.807) is 0 Å². The van der Waals surface area contributed by atoms with Crippen LogP contribution < -0.4 is 5.32 Å². The molecule has 1 N–H and O–H groups in total. The Morgan fingerprint density at radius 1 is 1.25 bits per heavy atom.